The third-order valence-electron chi connectivity index (χ3n) is 3.73. The summed E-state index contributed by atoms with van der Waals surface area (Å²) in [6, 6.07) is 3.48. The van der Waals surface area contributed by atoms with Gasteiger partial charge in [0.1, 0.15) is 5.82 Å². The van der Waals surface area contributed by atoms with E-state index in [0.29, 0.717) is 0 Å². The third kappa shape index (κ3) is 4.63. The Bertz CT molecular complexity index is 580. The maximum absolute atomic E-state index is 13.5. The zero-order valence-corrected chi connectivity index (χ0v) is 14.6. The van der Waals surface area contributed by atoms with Crippen LogP contribution in [0.3, 0.4) is 0 Å². The van der Waals surface area contributed by atoms with Crippen molar-refractivity contribution >= 4 is 38.4 Å². The number of halogens is 3. The van der Waals surface area contributed by atoms with Gasteiger partial charge in [-0.1, -0.05) is 12.8 Å². The summed E-state index contributed by atoms with van der Waals surface area (Å²) in [5.41, 5.74) is 5.68. The van der Waals surface area contributed by atoms with Gasteiger partial charge in [-0.15, -0.1) is 12.4 Å². The molecule has 1 aromatic carbocycles. The molecule has 1 saturated carbocycles. The maximum atomic E-state index is 13.5. The molecule has 1 unspecified atom stereocenters. The fraction of sp³-hybridized carbons (Fsp3) is 0.538. The normalized spacial score (nSPS) is 17.5. The van der Waals surface area contributed by atoms with E-state index in [1.54, 1.807) is 0 Å². The molecule has 21 heavy (non-hydrogen) atoms. The predicted octanol–water partition coefficient (Wildman–Crippen LogP) is 2.81. The van der Waals surface area contributed by atoms with E-state index in [2.05, 4.69) is 20.7 Å². The van der Waals surface area contributed by atoms with Gasteiger partial charge in [-0.25, -0.2) is 17.5 Å². The van der Waals surface area contributed by atoms with Gasteiger partial charge in [0.15, 0.2) is 0 Å². The van der Waals surface area contributed by atoms with Crippen LogP contribution in [0, 0.1) is 11.7 Å². The Morgan fingerprint density at radius 3 is 2.52 bits per heavy atom. The molecular formula is C13H19BrClFN2O2S. The zero-order chi connectivity index (χ0) is 14.8. The standard InChI is InChI=1S/C13H18BrFN2O2S.ClH/c14-11-6-5-10(7-12(11)15)20(18,19)17-13(8-16)9-3-1-2-4-9;/h5-7,9,13,17H,1-4,8,16H2;1H. The van der Waals surface area contributed by atoms with Crippen molar-refractivity contribution in [3.8, 4) is 0 Å². The molecule has 1 aromatic rings. The summed E-state index contributed by atoms with van der Waals surface area (Å²) in [5.74, 6) is -0.326. The van der Waals surface area contributed by atoms with Gasteiger partial charge in [0.2, 0.25) is 10.0 Å². The number of sulfonamides is 1. The molecule has 8 heteroatoms. The van der Waals surface area contributed by atoms with E-state index in [0.717, 1.165) is 31.7 Å². The largest absolute Gasteiger partial charge is 0.329 e. The van der Waals surface area contributed by atoms with E-state index >= 15 is 0 Å². The first kappa shape index (κ1) is 18.8. The molecule has 4 nitrogen and oxygen atoms in total. The fourth-order valence-electron chi connectivity index (χ4n) is 2.61. The first-order valence-electron chi connectivity index (χ1n) is 6.61. The van der Waals surface area contributed by atoms with Crippen molar-refractivity contribution in [3.05, 3.63) is 28.5 Å². The zero-order valence-electron chi connectivity index (χ0n) is 11.4. The second-order valence-electron chi connectivity index (χ2n) is 5.08. The molecule has 3 N–H and O–H groups in total. The van der Waals surface area contributed by atoms with Gasteiger partial charge in [0.05, 0.1) is 9.37 Å². The van der Waals surface area contributed by atoms with E-state index in [1.165, 1.54) is 12.1 Å². The highest BCUT2D eigenvalue weighted by molar-refractivity contribution is 9.10. The van der Waals surface area contributed by atoms with Crippen LogP contribution in [0.1, 0.15) is 25.7 Å². The minimum Gasteiger partial charge on any atom is -0.329 e. The molecule has 0 bridgehead atoms. The topological polar surface area (TPSA) is 72.2 Å². The van der Waals surface area contributed by atoms with Crippen LogP contribution in [0.4, 0.5) is 4.39 Å². The number of rotatable bonds is 5. The second kappa shape index (κ2) is 7.87. The van der Waals surface area contributed by atoms with Gasteiger partial charge in [-0.05, 0) is 52.9 Å². The van der Waals surface area contributed by atoms with Crippen LogP contribution in [0.5, 0.6) is 0 Å². The number of nitrogens with two attached hydrogens (primary N) is 1. The van der Waals surface area contributed by atoms with Crippen LogP contribution in [-0.4, -0.2) is 21.0 Å². The Kier molecular flexibility index (Phi) is 7.06. The van der Waals surface area contributed by atoms with Gasteiger partial charge >= 0.3 is 0 Å². The molecule has 1 aliphatic carbocycles. The fourth-order valence-corrected chi connectivity index (χ4v) is 4.18. The lowest BCUT2D eigenvalue weighted by molar-refractivity contribution is 0.405. The smallest absolute Gasteiger partial charge is 0.240 e. The minimum atomic E-state index is -3.74. The first-order valence-corrected chi connectivity index (χ1v) is 8.89. The highest BCUT2D eigenvalue weighted by atomic mass is 79.9. The molecule has 2 rings (SSSR count). The molecule has 0 aliphatic heterocycles. The van der Waals surface area contributed by atoms with Crippen LogP contribution < -0.4 is 10.5 Å². The van der Waals surface area contributed by atoms with Crippen molar-refractivity contribution in [2.75, 3.05) is 6.54 Å². The van der Waals surface area contributed by atoms with Crippen molar-refractivity contribution in [1.82, 2.24) is 4.72 Å². The molecule has 0 amide bonds. The number of hydrogen-bond donors (Lipinski definition) is 2. The van der Waals surface area contributed by atoms with Gasteiger partial charge in [0.25, 0.3) is 0 Å². The van der Waals surface area contributed by atoms with Gasteiger partial charge in [0, 0.05) is 12.6 Å². The molecule has 1 fully saturated rings. The summed E-state index contributed by atoms with van der Waals surface area (Å²) in [7, 11) is -3.74. The summed E-state index contributed by atoms with van der Waals surface area (Å²) in [6.45, 7) is 0.253. The monoisotopic (exact) mass is 400 g/mol. The maximum Gasteiger partial charge on any atom is 0.240 e. The molecule has 0 heterocycles. The summed E-state index contributed by atoms with van der Waals surface area (Å²) < 4.78 is 40.9. The molecule has 1 aliphatic rings. The number of nitrogens with one attached hydrogen (secondary N) is 1. The van der Waals surface area contributed by atoms with Crippen molar-refractivity contribution in [1.29, 1.82) is 0 Å². The lowest BCUT2D eigenvalue weighted by atomic mass is 9.99. The van der Waals surface area contributed by atoms with Crippen molar-refractivity contribution in [3.63, 3.8) is 0 Å². The number of benzene rings is 1. The SMILES string of the molecule is Cl.NCC(NS(=O)(=O)c1ccc(Br)c(F)c1)C1CCCC1. The van der Waals surface area contributed by atoms with Crippen LogP contribution >= 0.6 is 28.3 Å². The van der Waals surface area contributed by atoms with Crippen LogP contribution in [0.25, 0.3) is 0 Å². The van der Waals surface area contributed by atoms with Crippen LogP contribution in [-0.2, 0) is 10.0 Å². The Balaban J connectivity index is 0.00000220. The summed E-state index contributed by atoms with van der Waals surface area (Å²) >= 11 is 3.00. The highest BCUT2D eigenvalue weighted by Gasteiger charge is 2.28. The van der Waals surface area contributed by atoms with Gasteiger partial charge in [-0.2, -0.15) is 0 Å². The van der Waals surface area contributed by atoms with Gasteiger partial charge in [-0.3, -0.25) is 0 Å². The van der Waals surface area contributed by atoms with Crippen LogP contribution in [0.2, 0.25) is 0 Å². The predicted molar refractivity (Wildman–Crippen MR) is 86.5 cm³/mol. The van der Waals surface area contributed by atoms with Crippen molar-refractivity contribution in [2.24, 2.45) is 11.7 Å². The van der Waals surface area contributed by atoms with E-state index in [-0.39, 0.29) is 40.3 Å². The van der Waals surface area contributed by atoms with Crippen molar-refractivity contribution in [2.45, 2.75) is 36.6 Å². The van der Waals surface area contributed by atoms with Crippen LogP contribution in [0.15, 0.2) is 27.6 Å². The van der Waals surface area contributed by atoms with Gasteiger partial charge < -0.3 is 5.73 Å². The number of hydrogen-bond acceptors (Lipinski definition) is 3. The molecule has 0 saturated heterocycles. The first-order chi connectivity index (χ1) is 9.44. The molecule has 0 spiro atoms. The minimum absolute atomic E-state index is 0. The Morgan fingerprint density at radius 1 is 1.38 bits per heavy atom. The Hall–Kier alpha value is -0.210. The average molecular weight is 402 g/mol. The average Bonchev–Trinajstić information content (AvgIpc) is 2.93. The Labute approximate surface area is 139 Å². The van der Waals surface area contributed by atoms with Crippen molar-refractivity contribution < 1.29 is 12.8 Å². The van der Waals surface area contributed by atoms with E-state index in [1.807, 2.05) is 0 Å². The molecule has 1 atom stereocenters. The van der Waals surface area contributed by atoms with E-state index in [9.17, 15) is 12.8 Å². The molecule has 0 aromatic heterocycles. The van der Waals surface area contributed by atoms with E-state index < -0.39 is 15.8 Å². The summed E-state index contributed by atoms with van der Waals surface area (Å²) in [4.78, 5) is -0.0744. The summed E-state index contributed by atoms with van der Waals surface area (Å²) in [5, 5.41) is 0. The highest BCUT2D eigenvalue weighted by Crippen LogP contribution is 2.28. The quantitative estimate of drug-likeness (QED) is 0.797. The van der Waals surface area contributed by atoms with E-state index in [4.69, 9.17) is 5.73 Å². The second-order valence-corrected chi connectivity index (χ2v) is 7.65. The lowest BCUT2D eigenvalue weighted by Gasteiger charge is -2.23. The third-order valence-corrected chi connectivity index (χ3v) is 5.86. The summed E-state index contributed by atoms with van der Waals surface area (Å²) in [6.07, 6.45) is 4.18. The lowest BCUT2D eigenvalue weighted by Crippen LogP contribution is -2.44. The molecular weight excluding hydrogens is 383 g/mol. The molecule has 120 valence electrons. The Morgan fingerprint density at radius 2 is 2.00 bits per heavy atom. The molecule has 0 radical (unpaired) electrons.